The largest absolute Gasteiger partial charge is 0.493 e. The van der Waals surface area contributed by atoms with Gasteiger partial charge in [-0.25, -0.2) is 0 Å². The number of thioether (sulfide) groups is 1. The molecule has 3 nitrogen and oxygen atoms in total. The van der Waals surface area contributed by atoms with Crippen LogP contribution in [0.1, 0.15) is 37.7 Å². The maximum Gasteiger partial charge on any atom is 0.161 e. The van der Waals surface area contributed by atoms with Crippen molar-refractivity contribution in [3.05, 3.63) is 23.8 Å². The molecule has 0 radical (unpaired) electrons. The van der Waals surface area contributed by atoms with Crippen molar-refractivity contribution in [3.8, 4) is 11.5 Å². The van der Waals surface area contributed by atoms with Gasteiger partial charge in [0, 0.05) is 12.0 Å². The monoisotopic (exact) mass is 307 g/mol. The SMILES string of the molecule is COc1ccc(C2(CN)CCC2)cc1OC1CCSCC1. The molecule has 4 heteroatoms. The number of hydrogen-bond acceptors (Lipinski definition) is 4. The fourth-order valence-electron chi connectivity index (χ4n) is 3.29. The molecule has 0 atom stereocenters. The van der Waals surface area contributed by atoms with Crippen molar-refractivity contribution in [3.63, 3.8) is 0 Å². The van der Waals surface area contributed by atoms with Crippen molar-refractivity contribution in [1.82, 2.24) is 0 Å². The summed E-state index contributed by atoms with van der Waals surface area (Å²) in [5, 5.41) is 0. The Kier molecular flexibility index (Phi) is 4.65. The van der Waals surface area contributed by atoms with Gasteiger partial charge in [-0.3, -0.25) is 0 Å². The van der Waals surface area contributed by atoms with Gasteiger partial charge in [0.1, 0.15) is 6.10 Å². The summed E-state index contributed by atoms with van der Waals surface area (Å²) in [6.07, 6.45) is 6.23. The van der Waals surface area contributed by atoms with Crippen LogP contribution in [0, 0.1) is 0 Å². The van der Waals surface area contributed by atoms with Gasteiger partial charge in [-0.2, -0.15) is 11.8 Å². The number of rotatable bonds is 5. The van der Waals surface area contributed by atoms with E-state index in [1.165, 1.54) is 36.3 Å². The van der Waals surface area contributed by atoms with Crippen LogP contribution in [0.4, 0.5) is 0 Å². The van der Waals surface area contributed by atoms with Crippen molar-refractivity contribution >= 4 is 11.8 Å². The van der Waals surface area contributed by atoms with Gasteiger partial charge in [0.15, 0.2) is 11.5 Å². The zero-order valence-corrected chi connectivity index (χ0v) is 13.6. The highest BCUT2D eigenvalue weighted by atomic mass is 32.2. The fourth-order valence-corrected chi connectivity index (χ4v) is 4.35. The first-order valence-electron chi connectivity index (χ1n) is 7.90. The summed E-state index contributed by atoms with van der Waals surface area (Å²) in [5.41, 5.74) is 7.52. The summed E-state index contributed by atoms with van der Waals surface area (Å²) in [6, 6.07) is 6.37. The average Bonchev–Trinajstić information content (AvgIpc) is 2.48. The maximum absolute atomic E-state index is 6.25. The highest BCUT2D eigenvalue weighted by Gasteiger charge is 2.37. The molecule has 21 heavy (non-hydrogen) atoms. The predicted molar refractivity (Wildman–Crippen MR) is 88.6 cm³/mol. The van der Waals surface area contributed by atoms with Gasteiger partial charge >= 0.3 is 0 Å². The first-order valence-corrected chi connectivity index (χ1v) is 9.06. The molecular formula is C17H25NO2S. The summed E-state index contributed by atoms with van der Waals surface area (Å²) in [7, 11) is 1.71. The molecule has 0 amide bonds. The Morgan fingerprint density at radius 3 is 2.57 bits per heavy atom. The fraction of sp³-hybridized carbons (Fsp3) is 0.647. The smallest absolute Gasteiger partial charge is 0.161 e. The van der Waals surface area contributed by atoms with Crippen LogP contribution in [-0.4, -0.2) is 31.3 Å². The Hall–Kier alpha value is -0.870. The van der Waals surface area contributed by atoms with E-state index in [1.54, 1.807) is 7.11 Å². The van der Waals surface area contributed by atoms with Crippen LogP contribution in [0.3, 0.4) is 0 Å². The lowest BCUT2D eigenvalue weighted by Crippen LogP contribution is -2.41. The molecule has 1 aromatic rings. The van der Waals surface area contributed by atoms with Gasteiger partial charge in [0.05, 0.1) is 7.11 Å². The molecule has 0 unspecified atom stereocenters. The van der Waals surface area contributed by atoms with Gasteiger partial charge in [-0.05, 0) is 54.9 Å². The molecule has 3 rings (SSSR count). The molecule has 116 valence electrons. The van der Waals surface area contributed by atoms with Gasteiger partial charge in [0.2, 0.25) is 0 Å². The van der Waals surface area contributed by atoms with E-state index < -0.39 is 0 Å². The minimum atomic E-state index is 0.173. The quantitative estimate of drug-likeness (QED) is 0.906. The molecule has 1 saturated carbocycles. The topological polar surface area (TPSA) is 44.5 Å². The molecule has 1 saturated heterocycles. The Morgan fingerprint density at radius 1 is 1.24 bits per heavy atom. The third-order valence-corrected chi connectivity index (χ3v) is 5.99. The Labute approximate surface area is 131 Å². The lowest BCUT2D eigenvalue weighted by atomic mass is 9.64. The van der Waals surface area contributed by atoms with Crippen molar-refractivity contribution in [2.45, 2.75) is 43.6 Å². The summed E-state index contributed by atoms with van der Waals surface area (Å²) in [4.78, 5) is 0. The first kappa shape index (κ1) is 15.0. The molecule has 1 aliphatic heterocycles. The van der Waals surface area contributed by atoms with Crippen molar-refractivity contribution in [2.75, 3.05) is 25.2 Å². The number of methoxy groups -OCH3 is 1. The van der Waals surface area contributed by atoms with E-state index in [1.807, 2.05) is 17.8 Å². The molecule has 0 spiro atoms. The Morgan fingerprint density at radius 2 is 2.00 bits per heavy atom. The Balaban J connectivity index is 1.82. The molecule has 0 bridgehead atoms. The zero-order chi connectivity index (χ0) is 14.7. The van der Waals surface area contributed by atoms with Crippen molar-refractivity contribution in [2.24, 2.45) is 5.73 Å². The molecule has 1 aromatic carbocycles. The third-order valence-electron chi connectivity index (χ3n) is 4.94. The number of nitrogens with two attached hydrogens (primary N) is 1. The van der Waals surface area contributed by atoms with Crippen molar-refractivity contribution < 1.29 is 9.47 Å². The highest BCUT2D eigenvalue weighted by Crippen LogP contribution is 2.45. The molecular weight excluding hydrogens is 282 g/mol. The third kappa shape index (κ3) is 3.02. The number of hydrogen-bond donors (Lipinski definition) is 1. The van der Waals surface area contributed by atoms with E-state index in [0.29, 0.717) is 6.10 Å². The average molecular weight is 307 g/mol. The van der Waals surface area contributed by atoms with Crippen LogP contribution < -0.4 is 15.2 Å². The second-order valence-electron chi connectivity index (χ2n) is 6.13. The van der Waals surface area contributed by atoms with Crippen LogP contribution in [-0.2, 0) is 5.41 Å². The van der Waals surface area contributed by atoms with Crippen LogP contribution in [0.15, 0.2) is 18.2 Å². The van der Waals surface area contributed by atoms with Crippen molar-refractivity contribution in [1.29, 1.82) is 0 Å². The molecule has 2 N–H and O–H groups in total. The number of benzene rings is 1. The number of ether oxygens (including phenoxy) is 2. The van der Waals surface area contributed by atoms with Crippen LogP contribution in [0.5, 0.6) is 11.5 Å². The Bertz CT molecular complexity index is 476. The van der Waals surface area contributed by atoms with E-state index in [0.717, 1.165) is 30.9 Å². The summed E-state index contributed by atoms with van der Waals surface area (Å²) >= 11 is 2.02. The van der Waals surface area contributed by atoms with Gasteiger partial charge in [-0.15, -0.1) is 0 Å². The van der Waals surface area contributed by atoms with Crippen LogP contribution in [0.25, 0.3) is 0 Å². The summed E-state index contributed by atoms with van der Waals surface area (Å²) in [5.74, 6) is 4.12. The molecule has 1 aliphatic carbocycles. The van der Waals surface area contributed by atoms with Crippen LogP contribution >= 0.6 is 11.8 Å². The highest BCUT2D eigenvalue weighted by molar-refractivity contribution is 7.99. The van der Waals surface area contributed by atoms with E-state index in [-0.39, 0.29) is 5.41 Å². The normalized spacial score (nSPS) is 21.6. The van der Waals surface area contributed by atoms with Gasteiger partial charge in [-0.1, -0.05) is 12.5 Å². The van der Waals surface area contributed by atoms with E-state index in [9.17, 15) is 0 Å². The molecule has 1 heterocycles. The first-order chi connectivity index (χ1) is 10.3. The lowest BCUT2D eigenvalue weighted by Gasteiger charge is -2.41. The second-order valence-corrected chi connectivity index (χ2v) is 7.36. The molecule has 2 aliphatic rings. The standard InChI is InChI=1S/C17H25NO2S/c1-19-15-4-3-13(17(12-18)7-2-8-17)11-16(15)20-14-5-9-21-10-6-14/h3-4,11,14H,2,5-10,12,18H2,1H3. The predicted octanol–water partition coefficient (Wildman–Crippen LogP) is 3.35. The molecule has 2 fully saturated rings. The molecule has 0 aromatic heterocycles. The van der Waals surface area contributed by atoms with E-state index >= 15 is 0 Å². The summed E-state index contributed by atoms with van der Waals surface area (Å²) in [6.45, 7) is 0.721. The minimum Gasteiger partial charge on any atom is -0.493 e. The van der Waals surface area contributed by atoms with E-state index in [4.69, 9.17) is 15.2 Å². The van der Waals surface area contributed by atoms with Gasteiger partial charge < -0.3 is 15.2 Å². The van der Waals surface area contributed by atoms with E-state index in [2.05, 4.69) is 12.1 Å². The maximum atomic E-state index is 6.25. The lowest BCUT2D eigenvalue weighted by molar-refractivity contribution is 0.183. The second kappa shape index (κ2) is 6.49. The van der Waals surface area contributed by atoms with Crippen LogP contribution in [0.2, 0.25) is 0 Å². The zero-order valence-electron chi connectivity index (χ0n) is 12.8. The minimum absolute atomic E-state index is 0.173. The van der Waals surface area contributed by atoms with Gasteiger partial charge in [0.25, 0.3) is 0 Å². The summed E-state index contributed by atoms with van der Waals surface area (Å²) < 4.78 is 11.7.